The van der Waals surface area contributed by atoms with Crippen LogP contribution in [0.5, 0.6) is 0 Å². The molecule has 0 saturated heterocycles. The van der Waals surface area contributed by atoms with Gasteiger partial charge in [0.05, 0.1) is 4.90 Å². The van der Waals surface area contributed by atoms with E-state index in [-0.39, 0.29) is 0 Å². The summed E-state index contributed by atoms with van der Waals surface area (Å²) in [5.74, 6) is 0. The zero-order valence-electron chi connectivity index (χ0n) is 12.2. The normalized spacial score (nSPS) is 23.6. The van der Waals surface area contributed by atoms with Crippen molar-refractivity contribution in [3.8, 4) is 0 Å². The lowest BCUT2D eigenvalue weighted by Gasteiger charge is -2.37. The largest absolute Gasteiger partial charge is 0.369 e. The Labute approximate surface area is 121 Å². The summed E-state index contributed by atoms with van der Waals surface area (Å²) in [4.78, 5) is 2.74. The fourth-order valence-electron chi connectivity index (χ4n) is 2.95. The van der Waals surface area contributed by atoms with Gasteiger partial charge in [-0.15, -0.1) is 0 Å². The van der Waals surface area contributed by atoms with Gasteiger partial charge in [0, 0.05) is 30.6 Å². The number of hydrogen-bond donors (Lipinski definition) is 1. The van der Waals surface area contributed by atoms with Gasteiger partial charge in [0.25, 0.3) is 0 Å². The minimum atomic E-state index is -3.12. The van der Waals surface area contributed by atoms with Crippen molar-refractivity contribution >= 4 is 15.5 Å². The third-order valence-electron chi connectivity index (χ3n) is 4.12. The number of nitrogens with two attached hydrogens (primary N) is 1. The highest BCUT2D eigenvalue weighted by Crippen LogP contribution is 2.27. The van der Waals surface area contributed by atoms with E-state index in [1.807, 2.05) is 12.1 Å². The van der Waals surface area contributed by atoms with Crippen molar-refractivity contribution in [2.75, 3.05) is 17.7 Å². The Morgan fingerprint density at radius 1 is 1.15 bits per heavy atom. The van der Waals surface area contributed by atoms with E-state index in [2.05, 4.69) is 11.8 Å². The molecular weight excluding hydrogens is 272 g/mol. The van der Waals surface area contributed by atoms with Crippen LogP contribution in [0.25, 0.3) is 0 Å². The molecule has 1 fully saturated rings. The molecule has 0 radical (unpaired) electrons. The lowest BCUT2D eigenvalue weighted by molar-refractivity contribution is 0.378. The van der Waals surface area contributed by atoms with Crippen LogP contribution in [0.15, 0.2) is 29.2 Å². The number of benzene rings is 1. The predicted molar refractivity (Wildman–Crippen MR) is 82.8 cm³/mol. The van der Waals surface area contributed by atoms with E-state index >= 15 is 0 Å². The van der Waals surface area contributed by atoms with Crippen LogP contribution in [0.1, 0.15) is 32.6 Å². The first kappa shape index (κ1) is 15.3. The van der Waals surface area contributed by atoms with E-state index in [4.69, 9.17) is 5.73 Å². The zero-order valence-corrected chi connectivity index (χ0v) is 13.1. The SMILES string of the molecule is CCN(c1ccc(S(C)(=O)=O)cc1)C1CCC(N)CC1. The van der Waals surface area contributed by atoms with Gasteiger partial charge in [-0.1, -0.05) is 0 Å². The highest BCUT2D eigenvalue weighted by atomic mass is 32.2. The maximum atomic E-state index is 11.5. The Kier molecular flexibility index (Phi) is 4.70. The zero-order chi connectivity index (χ0) is 14.8. The van der Waals surface area contributed by atoms with E-state index in [1.54, 1.807) is 12.1 Å². The first-order chi connectivity index (χ1) is 9.41. The summed E-state index contributed by atoms with van der Waals surface area (Å²) in [7, 11) is -3.12. The second-order valence-electron chi connectivity index (χ2n) is 5.62. The highest BCUT2D eigenvalue weighted by molar-refractivity contribution is 7.90. The molecule has 0 amide bonds. The lowest BCUT2D eigenvalue weighted by Crippen LogP contribution is -2.40. The molecule has 2 N–H and O–H groups in total. The summed E-state index contributed by atoms with van der Waals surface area (Å²) in [5, 5.41) is 0. The molecule has 1 aromatic rings. The molecule has 1 saturated carbocycles. The Bertz CT molecular complexity index is 531. The van der Waals surface area contributed by atoms with Gasteiger partial charge in [-0.3, -0.25) is 0 Å². The van der Waals surface area contributed by atoms with Gasteiger partial charge < -0.3 is 10.6 Å². The minimum absolute atomic E-state index is 0.345. The summed E-state index contributed by atoms with van der Waals surface area (Å²) >= 11 is 0. The van der Waals surface area contributed by atoms with Crippen molar-refractivity contribution in [2.24, 2.45) is 5.73 Å². The van der Waals surface area contributed by atoms with Gasteiger partial charge in [-0.2, -0.15) is 0 Å². The van der Waals surface area contributed by atoms with Gasteiger partial charge in [0.1, 0.15) is 0 Å². The van der Waals surface area contributed by atoms with Crippen LogP contribution in [0.4, 0.5) is 5.69 Å². The molecule has 2 rings (SSSR count). The molecule has 0 aliphatic heterocycles. The van der Waals surface area contributed by atoms with Crippen molar-refractivity contribution in [1.82, 2.24) is 0 Å². The highest BCUT2D eigenvalue weighted by Gasteiger charge is 2.23. The van der Waals surface area contributed by atoms with Gasteiger partial charge in [-0.25, -0.2) is 8.42 Å². The van der Waals surface area contributed by atoms with Crippen molar-refractivity contribution in [3.63, 3.8) is 0 Å². The Morgan fingerprint density at radius 3 is 2.15 bits per heavy atom. The second-order valence-corrected chi connectivity index (χ2v) is 7.64. The van der Waals surface area contributed by atoms with E-state index in [0.29, 0.717) is 17.0 Å². The van der Waals surface area contributed by atoms with Crippen LogP contribution in [0.3, 0.4) is 0 Å². The van der Waals surface area contributed by atoms with Gasteiger partial charge in [0.15, 0.2) is 9.84 Å². The van der Waals surface area contributed by atoms with Crippen LogP contribution >= 0.6 is 0 Å². The van der Waals surface area contributed by atoms with E-state index < -0.39 is 9.84 Å². The Morgan fingerprint density at radius 2 is 1.70 bits per heavy atom. The first-order valence-electron chi connectivity index (χ1n) is 7.24. The average Bonchev–Trinajstić information content (AvgIpc) is 2.41. The maximum Gasteiger partial charge on any atom is 0.175 e. The smallest absolute Gasteiger partial charge is 0.175 e. The number of anilines is 1. The summed E-state index contributed by atoms with van der Waals surface area (Å²) in [6, 6.07) is 8.08. The number of sulfone groups is 1. The Balaban J connectivity index is 2.15. The molecular formula is C15H24N2O2S. The molecule has 0 aromatic heterocycles. The fourth-order valence-corrected chi connectivity index (χ4v) is 3.58. The molecule has 0 unspecified atom stereocenters. The molecule has 0 bridgehead atoms. The van der Waals surface area contributed by atoms with Crippen molar-refractivity contribution < 1.29 is 8.42 Å². The quantitative estimate of drug-likeness (QED) is 0.925. The second kappa shape index (κ2) is 6.14. The van der Waals surface area contributed by atoms with E-state index in [0.717, 1.165) is 37.9 Å². The van der Waals surface area contributed by atoms with Gasteiger partial charge in [0.2, 0.25) is 0 Å². The third kappa shape index (κ3) is 3.52. The average molecular weight is 296 g/mol. The predicted octanol–water partition coefficient (Wildman–Crippen LogP) is 2.19. The van der Waals surface area contributed by atoms with E-state index in [9.17, 15) is 8.42 Å². The molecule has 0 atom stereocenters. The molecule has 1 aromatic carbocycles. The van der Waals surface area contributed by atoms with Crippen LogP contribution < -0.4 is 10.6 Å². The maximum absolute atomic E-state index is 11.5. The standard InChI is InChI=1S/C15H24N2O2S/c1-3-17(13-6-4-12(16)5-7-13)14-8-10-15(11-9-14)20(2,18)19/h8-13H,3-7,16H2,1-2H3. The topological polar surface area (TPSA) is 63.4 Å². The molecule has 0 spiro atoms. The molecule has 4 nitrogen and oxygen atoms in total. The number of rotatable bonds is 4. The first-order valence-corrected chi connectivity index (χ1v) is 9.13. The van der Waals surface area contributed by atoms with Gasteiger partial charge in [-0.05, 0) is 56.9 Å². The van der Waals surface area contributed by atoms with Crippen LogP contribution in [0.2, 0.25) is 0 Å². The minimum Gasteiger partial charge on any atom is -0.369 e. The molecule has 1 aliphatic carbocycles. The monoisotopic (exact) mass is 296 g/mol. The number of hydrogen-bond acceptors (Lipinski definition) is 4. The molecule has 1 aliphatic rings. The molecule has 20 heavy (non-hydrogen) atoms. The molecule has 5 heteroatoms. The molecule has 0 heterocycles. The number of nitrogens with zero attached hydrogens (tertiary/aromatic N) is 1. The summed E-state index contributed by atoms with van der Waals surface area (Å²) in [6.07, 6.45) is 5.61. The van der Waals surface area contributed by atoms with Crippen molar-refractivity contribution in [3.05, 3.63) is 24.3 Å². The van der Waals surface area contributed by atoms with Crippen molar-refractivity contribution in [2.45, 2.75) is 49.6 Å². The van der Waals surface area contributed by atoms with Crippen molar-refractivity contribution in [1.29, 1.82) is 0 Å². The summed E-state index contributed by atoms with van der Waals surface area (Å²) < 4.78 is 23.0. The summed E-state index contributed by atoms with van der Waals surface area (Å²) in [6.45, 7) is 3.07. The van der Waals surface area contributed by atoms with Crippen LogP contribution in [0, 0.1) is 0 Å². The van der Waals surface area contributed by atoms with Crippen LogP contribution in [-0.4, -0.2) is 33.3 Å². The fraction of sp³-hybridized carbons (Fsp3) is 0.600. The summed E-state index contributed by atoms with van der Waals surface area (Å²) in [5.41, 5.74) is 7.06. The Hall–Kier alpha value is -1.07. The van der Waals surface area contributed by atoms with E-state index in [1.165, 1.54) is 6.26 Å². The molecule has 112 valence electrons. The van der Waals surface area contributed by atoms with Gasteiger partial charge >= 0.3 is 0 Å². The third-order valence-corrected chi connectivity index (χ3v) is 5.25. The lowest BCUT2D eigenvalue weighted by atomic mass is 9.90. The van der Waals surface area contributed by atoms with Crippen LogP contribution in [-0.2, 0) is 9.84 Å².